The van der Waals surface area contributed by atoms with Crippen molar-refractivity contribution in [1.29, 1.82) is 0 Å². The second-order valence-corrected chi connectivity index (χ2v) is 8.01. The molecule has 2 N–H and O–H groups in total. The van der Waals surface area contributed by atoms with Crippen molar-refractivity contribution >= 4 is 23.0 Å². The normalized spacial score (nSPS) is 16.0. The average molecular weight is 435 g/mol. The van der Waals surface area contributed by atoms with Crippen LogP contribution in [0.25, 0.3) is 11.2 Å². The van der Waals surface area contributed by atoms with Crippen LogP contribution in [0.5, 0.6) is 11.8 Å². The van der Waals surface area contributed by atoms with E-state index in [2.05, 4.69) is 28.6 Å². The molecule has 0 spiro atoms. The number of para-hydroxylation sites is 1. The van der Waals surface area contributed by atoms with Crippen molar-refractivity contribution in [2.75, 3.05) is 18.0 Å². The summed E-state index contributed by atoms with van der Waals surface area (Å²) < 4.78 is 8.98. The Bertz CT molecular complexity index is 1300. The molecule has 32 heavy (non-hydrogen) atoms. The Morgan fingerprint density at radius 3 is 2.81 bits per heavy atom. The number of hydrogen-bond donors (Lipinski definition) is 1. The Hall–Kier alpha value is -3.80. The van der Waals surface area contributed by atoms with Crippen molar-refractivity contribution in [3.8, 4) is 23.6 Å². The number of primary amides is 1. The number of hydrogen-bond acceptors (Lipinski definition) is 6. The van der Waals surface area contributed by atoms with Crippen LogP contribution < -0.4 is 20.9 Å². The molecule has 1 aromatic carbocycles. The zero-order valence-corrected chi connectivity index (χ0v) is 18.5. The summed E-state index contributed by atoms with van der Waals surface area (Å²) in [5, 5.41) is 0. The molecule has 0 aliphatic carbocycles. The Kier molecular flexibility index (Phi) is 5.86. The minimum atomic E-state index is -0.629. The summed E-state index contributed by atoms with van der Waals surface area (Å²) in [6, 6.07) is 6.59. The Balaban J connectivity index is 1.85. The van der Waals surface area contributed by atoms with E-state index in [-0.39, 0.29) is 28.5 Å². The van der Waals surface area contributed by atoms with Crippen molar-refractivity contribution in [3.63, 3.8) is 0 Å². The Morgan fingerprint density at radius 1 is 1.31 bits per heavy atom. The lowest BCUT2D eigenvalue weighted by atomic mass is 10.0. The van der Waals surface area contributed by atoms with Crippen LogP contribution in [0.3, 0.4) is 0 Å². The fraction of sp³-hybridized carbons (Fsp3) is 0.391. The molecular formula is C23H26N6O3. The maximum Gasteiger partial charge on any atom is 0.306 e. The van der Waals surface area contributed by atoms with E-state index in [0.717, 1.165) is 19.5 Å². The van der Waals surface area contributed by atoms with E-state index in [1.807, 2.05) is 4.57 Å². The van der Waals surface area contributed by atoms with Gasteiger partial charge in [-0.05, 0) is 37.8 Å². The first-order valence-corrected chi connectivity index (χ1v) is 10.6. The molecular weight excluding hydrogens is 408 g/mol. The quantitative estimate of drug-likeness (QED) is 0.617. The number of nitrogens with zero attached hydrogens (tertiary/aromatic N) is 5. The molecule has 3 aromatic rings. The molecule has 1 aliphatic rings. The third-order valence-electron chi connectivity index (χ3n) is 5.63. The van der Waals surface area contributed by atoms with Gasteiger partial charge < -0.3 is 15.4 Å². The fourth-order valence-corrected chi connectivity index (χ4v) is 4.00. The van der Waals surface area contributed by atoms with Gasteiger partial charge in [0.15, 0.2) is 11.2 Å². The van der Waals surface area contributed by atoms with Crippen LogP contribution in [0.1, 0.15) is 37.0 Å². The number of carbonyl (C=O) groups is 1. The van der Waals surface area contributed by atoms with Crippen molar-refractivity contribution in [1.82, 2.24) is 19.1 Å². The van der Waals surface area contributed by atoms with Gasteiger partial charge in [-0.3, -0.25) is 18.7 Å². The number of amides is 1. The number of benzene rings is 1. The first-order chi connectivity index (χ1) is 15.4. The van der Waals surface area contributed by atoms with Gasteiger partial charge in [-0.25, -0.2) is 0 Å². The van der Waals surface area contributed by atoms with Crippen LogP contribution in [-0.4, -0.2) is 38.1 Å². The number of ether oxygens (including phenoxy) is 1. The summed E-state index contributed by atoms with van der Waals surface area (Å²) in [5.74, 6) is 6.75. The largest absolute Gasteiger partial charge is 0.425 e. The van der Waals surface area contributed by atoms with Crippen molar-refractivity contribution in [2.24, 2.45) is 18.7 Å². The first kappa shape index (κ1) is 21.4. The molecule has 9 heteroatoms. The highest BCUT2D eigenvalue weighted by Crippen LogP contribution is 2.27. The number of fused-ring (bicyclic) bond motifs is 1. The molecule has 0 radical (unpaired) electrons. The number of aromatic nitrogens is 4. The lowest BCUT2D eigenvalue weighted by molar-refractivity contribution is 0.0998. The molecule has 2 aromatic heterocycles. The average Bonchev–Trinajstić information content (AvgIpc) is 3.14. The van der Waals surface area contributed by atoms with Gasteiger partial charge in [0.1, 0.15) is 5.75 Å². The highest BCUT2D eigenvalue weighted by atomic mass is 16.5. The lowest BCUT2D eigenvalue weighted by Gasteiger charge is -2.31. The Morgan fingerprint density at radius 2 is 2.09 bits per heavy atom. The molecule has 3 heterocycles. The molecule has 1 fully saturated rings. The number of piperidine rings is 1. The summed E-state index contributed by atoms with van der Waals surface area (Å²) in [5.41, 5.74) is 6.01. The van der Waals surface area contributed by atoms with Crippen LogP contribution in [0.2, 0.25) is 0 Å². The highest BCUT2D eigenvalue weighted by Gasteiger charge is 2.25. The van der Waals surface area contributed by atoms with E-state index in [9.17, 15) is 9.59 Å². The molecule has 4 rings (SSSR count). The van der Waals surface area contributed by atoms with E-state index in [1.165, 1.54) is 11.0 Å². The van der Waals surface area contributed by atoms with Gasteiger partial charge >= 0.3 is 6.01 Å². The first-order valence-electron chi connectivity index (χ1n) is 10.6. The summed E-state index contributed by atoms with van der Waals surface area (Å²) >= 11 is 0. The number of anilines is 1. The molecule has 1 aliphatic heterocycles. The monoisotopic (exact) mass is 434 g/mol. The third-order valence-corrected chi connectivity index (χ3v) is 5.63. The molecule has 1 atom stereocenters. The van der Waals surface area contributed by atoms with Gasteiger partial charge in [-0.1, -0.05) is 25.0 Å². The van der Waals surface area contributed by atoms with Gasteiger partial charge in [-0.15, -0.1) is 5.92 Å². The number of rotatable bonds is 5. The zero-order chi connectivity index (χ0) is 22.8. The topological polar surface area (TPSA) is 108 Å². The summed E-state index contributed by atoms with van der Waals surface area (Å²) in [6.45, 7) is 6.04. The molecule has 166 valence electrons. The smallest absolute Gasteiger partial charge is 0.306 e. The maximum atomic E-state index is 13.3. The lowest BCUT2D eigenvalue weighted by Crippen LogP contribution is -2.36. The van der Waals surface area contributed by atoms with E-state index >= 15 is 0 Å². The standard InChI is InChI=1S/C23H26N6O3/c1-4-5-13-29-18-20(25-22(29)28-12-8-9-15(2)14-28)26-23(27(3)21(18)31)32-17-11-7-6-10-16(17)19(24)30/h6-7,10-11,15H,8-9,12-14H2,1-3H3,(H2,24,30). The minimum absolute atomic E-state index is 0.0287. The van der Waals surface area contributed by atoms with E-state index < -0.39 is 5.91 Å². The summed E-state index contributed by atoms with van der Waals surface area (Å²) in [7, 11) is 1.57. The van der Waals surface area contributed by atoms with E-state index in [1.54, 1.807) is 38.2 Å². The molecule has 0 bridgehead atoms. The van der Waals surface area contributed by atoms with Crippen LogP contribution in [0.4, 0.5) is 5.95 Å². The van der Waals surface area contributed by atoms with Crippen LogP contribution in [0.15, 0.2) is 29.1 Å². The number of imidazole rings is 1. The number of nitrogens with two attached hydrogens (primary N) is 1. The molecule has 9 nitrogen and oxygen atoms in total. The van der Waals surface area contributed by atoms with Gasteiger partial charge in [0, 0.05) is 20.1 Å². The predicted octanol–water partition coefficient (Wildman–Crippen LogP) is 2.28. The van der Waals surface area contributed by atoms with Crippen LogP contribution in [-0.2, 0) is 13.6 Å². The van der Waals surface area contributed by atoms with Gasteiger partial charge in [0.25, 0.3) is 11.5 Å². The Labute approximate surface area is 185 Å². The highest BCUT2D eigenvalue weighted by molar-refractivity contribution is 5.95. The van der Waals surface area contributed by atoms with E-state index in [0.29, 0.717) is 23.9 Å². The number of carbonyl (C=O) groups excluding carboxylic acids is 1. The molecule has 1 amide bonds. The zero-order valence-electron chi connectivity index (χ0n) is 18.5. The van der Waals surface area contributed by atoms with Crippen LogP contribution in [0, 0.1) is 17.8 Å². The minimum Gasteiger partial charge on any atom is -0.425 e. The van der Waals surface area contributed by atoms with Gasteiger partial charge in [-0.2, -0.15) is 9.97 Å². The molecule has 1 unspecified atom stereocenters. The van der Waals surface area contributed by atoms with Gasteiger partial charge in [0.05, 0.1) is 12.1 Å². The third kappa shape index (κ3) is 3.91. The SMILES string of the molecule is CC#CCn1c(N2CCCC(C)C2)nc2nc(Oc3ccccc3C(N)=O)n(C)c(=O)c21. The molecule has 1 saturated heterocycles. The summed E-state index contributed by atoms with van der Waals surface area (Å²) in [6.07, 6.45) is 2.23. The second-order valence-electron chi connectivity index (χ2n) is 8.01. The van der Waals surface area contributed by atoms with Crippen LogP contribution >= 0.6 is 0 Å². The second kappa shape index (κ2) is 8.75. The summed E-state index contributed by atoms with van der Waals surface area (Å²) in [4.78, 5) is 36.5. The maximum absolute atomic E-state index is 13.3. The molecule has 0 saturated carbocycles. The van der Waals surface area contributed by atoms with Crippen molar-refractivity contribution in [3.05, 3.63) is 40.2 Å². The van der Waals surface area contributed by atoms with Gasteiger partial charge in [0.2, 0.25) is 5.95 Å². The van der Waals surface area contributed by atoms with Crippen molar-refractivity contribution in [2.45, 2.75) is 33.2 Å². The van der Waals surface area contributed by atoms with Crippen molar-refractivity contribution < 1.29 is 9.53 Å². The predicted molar refractivity (Wildman–Crippen MR) is 122 cm³/mol. The fourth-order valence-electron chi connectivity index (χ4n) is 4.00. The van der Waals surface area contributed by atoms with E-state index in [4.69, 9.17) is 15.5 Å².